The Balaban J connectivity index is 1.81. The molecule has 3 aromatic rings. The highest BCUT2D eigenvalue weighted by Crippen LogP contribution is 2.35. The number of amides is 1. The molecule has 0 fully saturated rings. The van der Waals surface area contributed by atoms with Gasteiger partial charge in [0.1, 0.15) is 12.1 Å². The number of benzene rings is 1. The fraction of sp³-hybridized carbons (Fsp3) is 0.133. The van der Waals surface area contributed by atoms with Gasteiger partial charge >= 0.3 is 0 Å². The number of nitrogens with two attached hydrogens (primary N) is 1. The summed E-state index contributed by atoms with van der Waals surface area (Å²) in [4.78, 5) is 23.4. The van der Waals surface area contributed by atoms with E-state index in [1.165, 1.54) is 15.3 Å². The highest BCUT2D eigenvalue weighted by atomic mass is 16.7. The van der Waals surface area contributed by atoms with Crippen molar-refractivity contribution >= 4 is 11.4 Å². The quantitative estimate of drug-likeness (QED) is 0.753. The summed E-state index contributed by atoms with van der Waals surface area (Å²) in [5.41, 5.74) is 6.60. The first-order valence-electron chi connectivity index (χ1n) is 6.89. The zero-order valence-electron chi connectivity index (χ0n) is 11.9. The van der Waals surface area contributed by atoms with Crippen LogP contribution in [0.4, 0.5) is 0 Å². The van der Waals surface area contributed by atoms with Gasteiger partial charge in [-0.3, -0.25) is 9.59 Å². The Morgan fingerprint density at radius 3 is 2.87 bits per heavy atom. The van der Waals surface area contributed by atoms with Crippen LogP contribution in [0.5, 0.6) is 11.5 Å². The summed E-state index contributed by atoms with van der Waals surface area (Å²) in [6.45, 7) is 0.0294. The molecule has 1 aliphatic rings. The first-order valence-corrected chi connectivity index (χ1v) is 6.89. The van der Waals surface area contributed by atoms with Gasteiger partial charge in [0.25, 0.3) is 5.56 Å². The van der Waals surface area contributed by atoms with Crippen LogP contribution in [0.25, 0.3) is 16.8 Å². The molecule has 2 aromatic heterocycles. The summed E-state index contributed by atoms with van der Waals surface area (Å²) in [5, 5.41) is 4.38. The van der Waals surface area contributed by atoms with Crippen LogP contribution in [0.3, 0.4) is 0 Å². The summed E-state index contributed by atoms with van der Waals surface area (Å²) in [7, 11) is 0. The largest absolute Gasteiger partial charge is 0.454 e. The highest BCUT2D eigenvalue weighted by molar-refractivity contribution is 5.74. The van der Waals surface area contributed by atoms with Crippen molar-refractivity contribution in [2.75, 3.05) is 6.79 Å². The number of ether oxygens (including phenoxy) is 2. The van der Waals surface area contributed by atoms with Crippen LogP contribution >= 0.6 is 0 Å². The number of hydrogen-bond acceptors (Lipinski definition) is 5. The Morgan fingerprint density at radius 2 is 2.04 bits per heavy atom. The minimum atomic E-state index is -0.577. The lowest BCUT2D eigenvalue weighted by Crippen LogP contribution is -2.28. The minimum absolute atomic E-state index is 0.167. The Morgan fingerprint density at radius 1 is 1.22 bits per heavy atom. The van der Waals surface area contributed by atoms with Crippen molar-refractivity contribution in [3.05, 3.63) is 47.0 Å². The number of nitrogens with zero attached hydrogens (tertiary/aromatic N) is 3. The molecular formula is C15H12N4O4. The summed E-state index contributed by atoms with van der Waals surface area (Å²) < 4.78 is 13.3. The van der Waals surface area contributed by atoms with Crippen molar-refractivity contribution in [2.45, 2.75) is 6.54 Å². The van der Waals surface area contributed by atoms with E-state index >= 15 is 0 Å². The molecule has 0 saturated carbocycles. The lowest BCUT2D eigenvalue weighted by atomic mass is 10.1. The highest BCUT2D eigenvalue weighted by Gasteiger charge is 2.16. The van der Waals surface area contributed by atoms with E-state index in [9.17, 15) is 9.59 Å². The summed E-state index contributed by atoms with van der Waals surface area (Å²) in [6.07, 6.45) is 3.09. The van der Waals surface area contributed by atoms with Crippen LogP contribution in [0.15, 0.2) is 41.5 Å². The van der Waals surface area contributed by atoms with Gasteiger partial charge < -0.3 is 19.8 Å². The van der Waals surface area contributed by atoms with Crippen molar-refractivity contribution in [3.8, 4) is 22.8 Å². The maximum Gasteiger partial charge on any atom is 0.277 e. The number of primary amides is 1. The number of hydrogen-bond donors (Lipinski definition) is 1. The second kappa shape index (κ2) is 4.87. The number of rotatable bonds is 3. The minimum Gasteiger partial charge on any atom is -0.454 e. The molecule has 1 aliphatic heterocycles. The zero-order valence-corrected chi connectivity index (χ0v) is 11.9. The summed E-state index contributed by atoms with van der Waals surface area (Å²) >= 11 is 0. The van der Waals surface area contributed by atoms with Crippen LogP contribution < -0.4 is 20.8 Å². The molecule has 3 heterocycles. The van der Waals surface area contributed by atoms with E-state index < -0.39 is 5.91 Å². The lowest BCUT2D eigenvalue weighted by molar-refractivity contribution is -0.118. The maximum absolute atomic E-state index is 12.3. The molecular weight excluding hydrogens is 300 g/mol. The average Bonchev–Trinajstić information content (AvgIpc) is 3.15. The Hall–Kier alpha value is -3.29. The van der Waals surface area contributed by atoms with Gasteiger partial charge in [0, 0.05) is 18.0 Å². The molecule has 2 N–H and O–H groups in total. The third-order valence-corrected chi connectivity index (χ3v) is 3.60. The third-order valence-electron chi connectivity index (χ3n) is 3.60. The molecule has 0 aliphatic carbocycles. The Bertz CT molecular complexity index is 989. The van der Waals surface area contributed by atoms with E-state index in [4.69, 9.17) is 15.2 Å². The topological polar surface area (TPSA) is 101 Å². The molecule has 1 aromatic carbocycles. The van der Waals surface area contributed by atoms with Crippen molar-refractivity contribution in [1.82, 2.24) is 14.2 Å². The lowest BCUT2D eigenvalue weighted by Gasteiger charge is -2.01. The second-order valence-corrected chi connectivity index (χ2v) is 5.12. The van der Waals surface area contributed by atoms with Gasteiger partial charge in [0.2, 0.25) is 12.7 Å². The van der Waals surface area contributed by atoms with Crippen LogP contribution in [-0.4, -0.2) is 26.9 Å². The van der Waals surface area contributed by atoms with E-state index in [1.807, 2.05) is 12.1 Å². The Kier molecular flexibility index (Phi) is 2.83. The average molecular weight is 312 g/mol. The first kappa shape index (κ1) is 13.4. The number of fused-ring (bicyclic) bond motifs is 2. The van der Waals surface area contributed by atoms with Gasteiger partial charge in [-0.1, -0.05) is 0 Å². The van der Waals surface area contributed by atoms with E-state index in [0.717, 1.165) is 5.56 Å². The molecule has 116 valence electrons. The molecule has 4 rings (SSSR count). The van der Waals surface area contributed by atoms with Crippen LogP contribution in [0.2, 0.25) is 0 Å². The van der Waals surface area contributed by atoms with E-state index in [-0.39, 0.29) is 18.9 Å². The molecule has 23 heavy (non-hydrogen) atoms. The molecule has 0 saturated heterocycles. The van der Waals surface area contributed by atoms with Gasteiger partial charge in [-0.25, -0.2) is 4.52 Å². The van der Waals surface area contributed by atoms with E-state index in [0.29, 0.717) is 22.7 Å². The normalized spacial score (nSPS) is 12.7. The first-order chi connectivity index (χ1) is 11.1. The Labute approximate surface area is 129 Å². The number of carbonyl (C=O) groups is 1. The van der Waals surface area contributed by atoms with Gasteiger partial charge in [-0.2, -0.15) is 5.10 Å². The van der Waals surface area contributed by atoms with Crippen molar-refractivity contribution < 1.29 is 14.3 Å². The monoisotopic (exact) mass is 312 g/mol. The molecule has 0 atom stereocenters. The van der Waals surface area contributed by atoms with Crippen LogP contribution in [-0.2, 0) is 11.3 Å². The molecule has 8 nitrogen and oxygen atoms in total. The number of carbonyl (C=O) groups excluding carboxylic acids is 1. The molecule has 8 heteroatoms. The van der Waals surface area contributed by atoms with Gasteiger partial charge in [-0.15, -0.1) is 0 Å². The van der Waals surface area contributed by atoms with Gasteiger partial charge in [-0.05, 0) is 24.3 Å². The second-order valence-electron chi connectivity index (χ2n) is 5.12. The van der Waals surface area contributed by atoms with Crippen molar-refractivity contribution in [1.29, 1.82) is 0 Å². The number of aromatic nitrogens is 3. The molecule has 0 bridgehead atoms. The smallest absolute Gasteiger partial charge is 0.277 e. The van der Waals surface area contributed by atoms with Crippen molar-refractivity contribution in [2.24, 2.45) is 5.73 Å². The third kappa shape index (κ3) is 2.20. The predicted molar refractivity (Wildman–Crippen MR) is 80.2 cm³/mol. The van der Waals surface area contributed by atoms with Gasteiger partial charge in [0.15, 0.2) is 11.5 Å². The molecule has 1 amide bonds. The fourth-order valence-electron chi connectivity index (χ4n) is 2.52. The molecule has 0 spiro atoms. The molecule has 0 radical (unpaired) electrons. The SMILES string of the molecule is NC(=O)Cn1ccn2nc(-c3ccc4c(c3)OCO4)cc2c1=O. The van der Waals surface area contributed by atoms with Crippen molar-refractivity contribution in [3.63, 3.8) is 0 Å². The fourth-order valence-corrected chi connectivity index (χ4v) is 2.52. The standard InChI is InChI=1S/C15H12N4O4/c16-14(20)7-18-3-4-19-11(15(18)21)6-10(17-19)9-1-2-12-13(5-9)23-8-22-12/h1-6H,7-8H2,(H2,16,20). The van der Waals surface area contributed by atoms with E-state index in [2.05, 4.69) is 5.10 Å². The predicted octanol–water partition coefficient (Wildman–Crippen LogP) is 0.377. The van der Waals surface area contributed by atoms with Crippen LogP contribution in [0.1, 0.15) is 0 Å². The van der Waals surface area contributed by atoms with Crippen LogP contribution in [0, 0.1) is 0 Å². The van der Waals surface area contributed by atoms with E-state index in [1.54, 1.807) is 18.3 Å². The molecule has 0 unspecified atom stereocenters. The summed E-state index contributed by atoms with van der Waals surface area (Å²) in [6, 6.07) is 7.12. The summed E-state index contributed by atoms with van der Waals surface area (Å²) in [5.74, 6) is 0.749. The van der Waals surface area contributed by atoms with Gasteiger partial charge in [0.05, 0.1) is 5.69 Å². The zero-order chi connectivity index (χ0) is 16.0. The maximum atomic E-state index is 12.3.